The topological polar surface area (TPSA) is 38.9 Å². The van der Waals surface area contributed by atoms with Crippen LogP contribution in [-0.2, 0) is 13.6 Å². The van der Waals surface area contributed by atoms with Gasteiger partial charge in [0.25, 0.3) is 0 Å². The molecule has 3 heterocycles. The zero-order chi connectivity index (χ0) is 15.8. The van der Waals surface area contributed by atoms with Crippen molar-refractivity contribution in [3.63, 3.8) is 0 Å². The Hall–Kier alpha value is -2.14. The monoisotopic (exact) mass is 309 g/mol. The summed E-state index contributed by atoms with van der Waals surface area (Å²) in [7, 11) is 2.07. The molecule has 1 aliphatic rings. The summed E-state index contributed by atoms with van der Waals surface area (Å²) >= 11 is 0. The fourth-order valence-corrected chi connectivity index (χ4v) is 3.75. The van der Waals surface area contributed by atoms with Crippen LogP contribution >= 0.6 is 0 Å². The van der Waals surface area contributed by atoms with Crippen LogP contribution in [0.3, 0.4) is 0 Å². The van der Waals surface area contributed by atoms with E-state index in [2.05, 4.69) is 57.4 Å². The van der Waals surface area contributed by atoms with Gasteiger partial charge in [0.05, 0.1) is 11.0 Å². The fraction of sp³-hybridized carbons (Fsp3) is 0.444. The van der Waals surface area contributed by atoms with Crippen LogP contribution in [-0.4, -0.2) is 43.1 Å². The maximum atomic E-state index is 4.80. The zero-order valence-corrected chi connectivity index (χ0v) is 13.8. The third kappa shape index (κ3) is 2.45. The molecule has 3 aromatic rings. The second-order valence-electron chi connectivity index (χ2n) is 6.31. The lowest BCUT2D eigenvalue weighted by molar-refractivity contribution is 0.245. The second-order valence-corrected chi connectivity index (χ2v) is 6.31. The molecule has 2 aromatic heterocycles. The first-order valence-corrected chi connectivity index (χ1v) is 8.45. The van der Waals surface area contributed by atoms with Gasteiger partial charge in [-0.05, 0) is 38.1 Å². The van der Waals surface area contributed by atoms with Crippen molar-refractivity contribution in [2.24, 2.45) is 7.05 Å². The summed E-state index contributed by atoms with van der Waals surface area (Å²) in [6.45, 7) is 5.59. The summed E-state index contributed by atoms with van der Waals surface area (Å²) in [5.41, 5.74) is 2.17. The van der Waals surface area contributed by atoms with Crippen LogP contribution in [0.1, 0.15) is 19.8 Å². The summed E-state index contributed by atoms with van der Waals surface area (Å²) < 4.78 is 4.40. The molecule has 1 atom stereocenters. The van der Waals surface area contributed by atoms with E-state index in [-0.39, 0.29) is 0 Å². The number of benzene rings is 1. The Balaban J connectivity index is 1.70. The smallest absolute Gasteiger partial charge is 0.177 e. The van der Waals surface area contributed by atoms with Crippen molar-refractivity contribution in [3.8, 4) is 11.6 Å². The molecule has 4 rings (SSSR count). The van der Waals surface area contributed by atoms with Crippen molar-refractivity contribution < 1.29 is 0 Å². The third-order valence-corrected chi connectivity index (χ3v) is 5.02. The minimum Gasteiger partial charge on any atom is -0.327 e. The number of para-hydroxylation sites is 2. The number of hydrogen-bond acceptors (Lipinski definition) is 3. The third-order valence-electron chi connectivity index (χ3n) is 5.02. The van der Waals surface area contributed by atoms with Crippen LogP contribution in [0.25, 0.3) is 22.7 Å². The van der Waals surface area contributed by atoms with Gasteiger partial charge in [0.2, 0.25) is 0 Å². The highest BCUT2D eigenvalue weighted by molar-refractivity contribution is 5.79. The van der Waals surface area contributed by atoms with Gasteiger partial charge in [-0.25, -0.2) is 9.97 Å². The van der Waals surface area contributed by atoms with Crippen LogP contribution in [0.15, 0.2) is 36.7 Å². The van der Waals surface area contributed by atoms with Gasteiger partial charge >= 0.3 is 0 Å². The molecule has 0 saturated carbocycles. The molecule has 1 aromatic carbocycles. The molecule has 5 nitrogen and oxygen atoms in total. The Bertz CT molecular complexity index is 816. The van der Waals surface area contributed by atoms with Crippen molar-refractivity contribution in [1.29, 1.82) is 0 Å². The van der Waals surface area contributed by atoms with Crippen molar-refractivity contribution in [2.75, 3.05) is 13.1 Å². The molecule has 1 aliphatic heterocycles. The number of aryl methyl sites for hydroxylation is 1. The number of hydrogen-bond donors (Lipinski definition) is 0. The highest BCUT2D eigenvalue weighted by atomic mass is 15.2. The van der Waals surface area contributed by atoms with Crippen LogP contribution in [0.5, 0.6) is 0 Å². The molecule has 0 aliphatic carbocycles. The molecule has 23 heavy (non-hydrogen) atoms. The summed E-state index contributed by atoms with van der Waals surface area (Å²) in [4.78, 5) is 12.0. The maximum absolute atomic E-state index is 4.80. The van der Waals surface area contributed by atoms with Crippen LogP contribution in [0.4, 0.5) is 0 Å². The van der Waals surface area contributed by atoms with E-state index in [0.717, 1.165) is 35.8 Å². The number of rotatable bonds is 4. The van der Waals surface area contributed by atoms with Crippen LogP contribution in [0.2, 0.25) is 0 Å². The lowest BCUT2D eigenvalue weighted by atomic mass is 10.2. The van der Waals surface area contributed by atoms with Crippen molar-refractivity contribution in [2.45, 2.75) is 32.4 Å². The van der Waals surface area contributed by atoms with E-state index >= 15 is 0 Å². The highest BCUT2D eigenvalue weighted by Crippen LogP contribution is 2.24. The number of likely N-dealkylation sites (tertiary alicyclic amines) is 1. The Labute approximate surface area is 136 Å². The van der Waals surface area contributed by atoms with E-state index in [1.165, 1.54) is 19.4 Å². The van der Waals surface area contributed by atoms with Crippen molar-refractivity contribution in [3.05, 3.63) is 36.7 Å². The standard InChI is InChI=1S/C18H23N5/c1-3-22-11-6-7-14(22)13-23-12-10-19-17(23)18-20-15-8-4-5-9-16(15)21(18)2/h4-5,8-10,12,14H,3,6-7,11,13H2,1-2H3. The summed E-state index contributed by atoms with van der Waals surface area (Å²) in [5, 5.41) is 0. The first-order valence-electron chi connectivity index (χ1n) is 8.45. The lowest BCUT2D eigenvalue weighted by Gasteiger charge is -2.23. The molecular formula is C18H23N5. The normalized spacial score (nSPS) is 19.0. The highest BCUT2D eigenvalue weighted by Gasteiger charge is 2.24. The summed E-state index contributed by atoms with van der Waals surface area (Å²) in [5.74, 6) is 1.91. The van der Waals surface area contributed by atoms with Gasteiger partial charge in [0.1, 0.15) is 0 Å². The minimum atomic E-state index is 0.614. The molecule has 1 fully saturated rings. The quantitative estimate of drug-likeness (QED) is 0.744. The predicted octanol–water partition coefficient (Wildman–Crippen LogP) is 2.92. The first kappa shape index (κ1) is 14.5. The number of likely N-dealkylation sites (N-methyl/N-ethyl adjacent to an activating group) is 1. The minimum absolute atomic E-state index is 0.614. The van der Waals surface area contributed by atoms with Crippen LogP contribution in [0, 0.1) is 0 Å². The van der Waals surface area contributed by atoms with E-state index in [0.29, 0.717) is 6.04 Å². The van der Waals surface area contributed by atoms with Crippen molar-refractivity contribution >= 4 is 11.0 Å². The van der Waals surface area contributed by atoms with Gasteiger partial charge in [0.15, 0.2) is 11.6 Å². The fourth-order valence-electron chi connectivity index (χ4n) is 3.75. The second kappa shape index (κ2) is 5.81. The van der Waals surface area contributed by atoms with Gasteiger partial charge in [-0.2, -0.15) is 0 Å². The maximum Gasteiger partial charge on any atom is 0.177 e. The zero-order valence-electron chi connectivity index (χ0n) is 13.8. The molecule has 0 radical (unpaired) electrons. The molecule has 5 heteroatoms. The molecule has 0 amide bonds. The van der Waals surface area contributed by atoms with E-state index in [9.17, 15) is 0 Å². The Morgan fingerprint density at radius 3 is 2.91 bits per heavy atom. The van der Waals surface area contributed by atoms with E-state index in [4.69, 9.17) is 4.98 Å². The largest absolute Gasteiger partial charge is 0.327 e. The molecule has 1 unspecified atom stereocenters. The number of imidazole rings is 2. The molecule has 120 valence electrons. The summed E-state index contributed by atoms with van der Waals surface area (Å²) in [6, 6.07) is 8.86. The number of fused-ring (bicyclic) bond motifs is 1. The van der Waals surface area contributed by atoms with E-state index < -0.39 is 0 Å². The molecule has 0 N–H and O–H groups in total. The molecule has 0 spiro atoms. The van der Waals surface area contributed by atoms with E-state index in [1.807, 2.05) is 12.3 Å². The van der Waals surface area contributed by atoms with Gasteiger partial charge in [0, 0.05) is 32.0 Å². The predicted molar refractivity (Wildman–Crippen MR) is 92.2 cm³/mol. The van der Waals surface area contributed by atoms with Crippen LogP contribution < -0.4 is 0 Å². The SMILES string of the molecule is CCN1CCCC1Cn1ccnc1-c1nc2ccccc2n1C. The van der Waals surface area contributed by atoms with E-state index in [1.54, 1.807) is 0 Å². The number of nitrogens with zero attached hydrogens (tertiary/aromatic N) is 5. The van der Waals surface area contributed by atoms with Gasteiger partial charge in [-0.1, -0.05) is 19.1 Å². The number of aromatic nitrogens is 4. The molecular weight excluding hydrogens is 286 g/mol. The molecule has 0 bridgehead atoms. The average Bonchev–Trinajstić information content (AvgIpc) is 3.28. The van der Waals surface area contributed by atoms with Gasteiger partial charge < -0.3 is 9.13 Å². The lowest BCUT2D eigenvalue weighted by Crippen LogP contribution is -2.32. The first-order chi connectivity index (χ1) is 11.3. The average molecular weight is 309 g/mol. The Morgan fingerprint density at radius 1 is 1.22 bits per heavy atom. The summed E-state index contributed by atoms with van der Waals surface area (Å²) in [6.07, 6.45) is 6.55. The van der Waals surface area contributed by atoms with Gasteiger partial charge in [-0.15, -0.1) is 0 Å². The van der Waals surface area contributed by atoms with Gasteiger partial charge in [-0.3, -0.25) is 4.90 Å². The Kier molecular flexibility index (Phi) is 3.65. The molecule has 1 saturated heterocycles. The Morgan fingerprint density at radius 2 is 2.09 bits per heavy atom. The van der Waals surface area contributed by atoms with Crippen molar-refractivity contribution in [1.82, 2.24) is 24.0 Å².